The summed E-state index contributed by atoms with van der Waals surface area (Å²) in [6, 6.07) is 5.87. The number of nitrogens with two attached hydrogens (primary N) is 1. The maximum atomic E-state index is 13.3. The summed E-state index contributed by atoms with van der Waals surface area (Å²) in [5.74, 6) is -0.233. The number of anilines is 1. The number of halogens is 1. The highest BCUT2D eigenvalue weighted by Crippen LogP contribution is 2.22. The first kappa shape index (κ1) is 23.0. The number of hydrogen-bond acceptors (Lipinski definition) is 7. The van der Waals surface area contributed by atoms with Crippen molar-refractivity contribution in [1.82, 2.24) is 34.8 Å². The van der Waals surface area contributed by atoms with E-state index in [2.05, 4.69) is 25.7 Å². The highest BCUT2D eigenvalue weighted by atomic mass is 35.5. The average Bonchev–Trinajstić information content (AvgIpc) is 3.13. The zero-order valence-electron chi connectivity index (χ0n) is 18.0. The molecule has 3 heterocycles. The number of aromatic nitrogens is 5. The van der Waals surface area contributed by atoms with Crippen LogP contribution in [0.25, 0.3) is 16.6 Å². The van der Waals surface area contributed by atoms with Gasteiger partial charge in [0.2, 0.25) is 0 Å². The second kappa shape index (κ2) is 9.35. The lowest BCUT2D eigenvalue weighted by molar-refractivity contribution is 0.0939. The number of nitrogens with zero attached hydrogens (tertiary/aromatic N) is 5. The molecule has 2 amide bonds. The predicted molar refractivity (Wildman–Crippen MR) is 125 cm³/mol. The van der Waals surface area contributed by atoms with Crippen LogP contribution in [0.2, 0.25) is 5.02 Å². The molecule has 0 fully saturated rings. The summed E-state index contributed by atoms with van der Waals surface area (Å²) in [4.78, 5) is 45.9. The van der Waals surface area contributed by atoms with Crippen molar-refractivity contribution in [3.63, 3.8) is 0 Å². The molecule has 1 atom stereocenters. The van der Waals surface area contributed by atoms with Crippen molar-refractivity contribution >= 4 is 46.0 Å². The van der Waals surface area contributed by atoms with Gasteiger partial charge in [0.25, 0.3) is 11.5 Å². The number of rotatable bonds is 7. The van der Waals surface area contributed by atoms with E-state index in [9.17, 15) is 14.4 Å². The molecule has 34 heavy (non-hydrogen) atoms. The van der Waals surface area contributed by atoms with Crippen LogP contribution >= 0.6 is 11.6 Å². The Kier molecular flexibility index (Phi) is 6.32. The molecule has 12 nitrogen and oxygen atoms in total. The van der Waals surface area contributed by atoms with Crippen molar-refractivity contribution in [3.05, 3.63) is 63.4 Å². The van der Waals surface area contributed by atoms with E-state index >= 15 is 0 Å². The minimum Gasteiger partial charge on any atom is -0.465 e. The number of hydrogen-bond donors (Lipinski definition) is 4. The topological polar surface area (TPSA) is 170 Å². The van der Waals surface area contributed by atoms with E-state index in [4.69, 9.17) is 22.4 Å². The van der Waals surface area contributed by atoms with Gasteiger partial charge >= 0.3 is 6.09 Å². The fraction of sp³-hybridized carbons (Fsp3) is 0.238. The first-order valence-electron chi connectivity index (χ1n) is 10.3. The quantitative estimate of drug-likeness (QED) is 0.288. The fourth-order valence-corrected chi connectivity index (χ4v) is 3.92. The van der Waals surface area contributed by atoms with Gasteiger partial charge in [-0.3, -0.25) is 14.2 Å². The summed E-state index contributed by atoms with van der Waals surface area (Å²) in [7, 11) is 0. The number of nitrogen functional groups attached to an aromatic ring is 1. The molecular weight excluding hydrogens is 464 g/mol. The first-order valence-corrected chi connectivity index (χ1v) is 10.7. The lowest BCUT2D eigenvalue weighted by Gasteiger charge is -2.20. The van der Waals surface area contributed by atoms with E-state index in [1.54, 1.807) is 37.4 Å². The van der Waals surface area contributed by atoms with Crippen molar-refractivity contribution < 1.29 is 14.7 Å². The largest absolute Gasteiger partial charge is 0.465 e. The molecule has 4 rings (SSSR count). The van der Waals surface area contributed by atoms with E-state index < -0.39 is 18.0 Å². The highest BCUT2D eigenvalue weighted by molar-refractivity contribution is 6.35. The highest BCUT2D eigenvalue weighted by Gasteiger charge is 2.24. The van der Waals surface area contributed by atoms with E-state index in [1.165, 1.54) is 15.3 Å². The molecule has 0 spiro atoms. The number of carbonyl (C=O) groups is 2. The smallest absolute Gasteiger partial charge is 0.404 e. The minimum atomic E-state index is -1.16. The third kappa shape index (κ3) is 4.35. The molecule has 4 aromatic rings. The van der Waals surface area contributed by atoms with Crippen molar-refractivity contribution in [2.24, 2.45) is 0 Å². The summed E-state index contributed by atoms with van der Waals surface area (Å²) in [6.45, 7) is 1.97. The molecule has 5 N–H and O–H groups in total. The Labute approximate surface area is 197 Å². The van der Waals surface area contributed by atoms with Gasteiger partial charge in [0, 0.05) is 25.5 Å². The molecule has 3 aromatic heterocycles. The predicted octanol–water partition coefficient (Wildman–Crippen LogP) is 1.82. The molecule has 0 radical (unpaired) electrons. The van der Waals surface area contributed by atoms with Gasteiger partial charge in [0.1, 0.15) is 11.4 Å². The Hall–Kier alpha value is -4.19. The van der Waals surface area contributed by atoms with Gasteiger partial charge in [-0.05, 0) is 31.5 Å². The lowest BCUT2D eigenvalue weighted by Crippen LogP contribution is -2.35. The number of nitrogens with one attached hydrogen (secondary N) is 2. The number of carbonyl (C=O) groups excluding carboxylic acids is 1. The van der Waals surface area contributed by atoms with Crippen LogP contribution in [0.15, 0.2) is 41.5 Å². The van der Waals surface area contributed by atoms with Gasteiger partial charge < -0.3 is 21.5 Å². The average molecular weight is 485 g/mol. The van der Waals surface area contributed by atoms with Crippen LogP contribution in [0.5, 0.6) is 0 Å². The maximum absolute atomic E-state index is 13.3. The molecule has 0 saturated heterocycles. The van der Waals surface area contributed by atoms with E-state index in [-0.39, 0.29) is 46.3 Å². The van der Waals surface area contributed by atoms with Gasteiger partial charge in [-0.15, -0.1) is 5.10 Å². The number of fused-ring (bicyclic) bond motifs is 2. The summed E-state index contributed by atoms with van der Waals surface area (Å²) < 4.78 is 2.79. The number of benzene rings is 1. The normalized spacial score (nSPS) is 12.1. The van der Waals surface area contributed by atoms with Gasteiger partial charge in [0.15, 0.2) is 11.5 Å². The van der Waals surface area contributed by atoms with Crippen LogP contribution in [0, 0.1) is 0 Å². The summed E-state index contributed by atoms with van der Waals surface area (Å²) in [6.07, 6.45) is 2.31. The second-order valence-corrected chi connectivity index (χ2v) is 7.90. The molecule has 13 heteroatoms. The van der Waals surface area contributed by atoms with Crippen molar-refractivity contribution in [3.8, 4) is 0 Å². The van der Waals surface area contributed by atoms with Gasteiger partial charge in [-0.2, -0.15) is 0 Å². The van der Waals surface area contributed by atoms with Crippen LogP contribution in [-0.2, 0) is 6.54 Å². The van der Waals surface area contributed by atoms with Gasteiger partial charge in [-0.1, -0.05) is 17.7 Å². The standard InChI is InChI=1S/C21H21ClN8O4/c1-11(26-19(31)15-16(23)28-30-10-4-7-24-18(15)30)17-27-13-6-2-5-12(22)14(13)20(32)29(17)9-3-8-25-21(33)34/h2,4-7,10-11,25H,3,8-9H2,1H3,(H2,23,28)(H,26,31)(H,33,34). The van der Waals surface area contributed by atoms with E-state index in [0.717, 1.165) is 0 Å². The van der Waals surface area contributed by atoms with Crippen molar-refractivity contribution in [2.45, 2.75) is 25.9 Å². The summed E-state index contributed by atoms with van der Waals surface area (Å²) in [5.41, 5.74) is 6.34. The fourth-order valence-electron chi connectivity index (χ4n) is 3.67. The zero-order chi connectivity index (χ0) is 24.4. The van der Waals surface area contributed by atoms with Gasteiger partial charge in [-0.25, -0.2) is 19.3 Å². The third-order valence-corrected chi connectivity index (χ3v) is 5.50. The molecule has 0 aliphatic heterocycles. The van der Waals surface area contributed by atoms with Crippen LogP contribution in [0.4, 0.5) is 10.6 Å². The Balaban J connectivity index is 1.70. The Bertz CT molecular complexity index is 1460. The maximum Gasteiger partial charge on any atom is 0.404 e. The molecule has 0 aliphatic rings. The molecule has 0 aliphatic carbocycles. The molecule has 176 valence electrons. The van der Waals surface area contributed by atoms with Gasteiger partial charge in [0.05, 0.1) is 22.0 Å². The molecule has 0 saturated carbocycles. The second-order valence-electron chi connectivity index (χ2n) is 7.49. The van der Waals surface area contributed by atoms with Crippen molar-refractivity contribution in [1.29, 1.82) is 0 Å². The van der Waals surface area contributed by atoms with E-state index in [0.29, 0.717) is 17.6 Å². The summed E-state index contributed by atoms with van der Waals surface area (Å²) >= 11 is 6.25. The van der Waals surface area contributed by atoms with Crippen LogP contribution in [0.1, 0.15) is 35.6 Å². The molecular formula is C21H21ClN8O4. The van der Waals surface area contributed by atoms with Crippen LogP contribution in [-0.4, -0.2) is 47.8 Å². The zero-order valence-corrected chi connectivity index (χ0v) is 18.8. The van der Waals surface area contributed by atoms with Crippen molar-refractivity contribution in [2.75, 3.05) is 12.3 Å². The number of amides is 2. The first-order chi connectivity index (χ1) is 16.3. The third-order valence-electron chi connectivity index (χ3n) is 5.18. The molecule has 1 aromatic carbocycles. The number of carboxylic acid groups (broad SMARTS) is 1. The minimum absolute atomic E-state index is 0.0128. The Morgan fingerprint density at radius 1 is 1.29 bits per heavy atom. The SMILES string of the molecule is CC(NC(=O)c1c(N)nn2cccnc12)c1nc2cccc(Cl)c2c(=O)n1CCCNC(=O)O. The lowest BCUT2D eigenvalue weighted by atomic mass is 10.2. The Morgan fingerprint density at radius 3 is 2.85 bits per heavy atom. The van der Waals surface area contributed by atoms with E-state index in [1.807, 2.05) is 0 Å². The summed E-state index contributed by atoms with van der Waals surface area (Å²) in [5, 5.41) is 18.5. The van der Waals surface area contributed by atoms with Crippen LogP contribution < -0.4 is 21.9 Å². The Morgan fingerprint density at radius 2 is 2.09 bits per heavy atom. The monoisotopic (exact) mass is 484 g/mol. The van der Waals surface area contributed by atoms with Crippen LogP contribution in [0.3, 0.4) is 0 Å². The molecule has 1 unspecified atom stereocenters. The molecule has 0 bridgehead atoms.